The summed E-state index contributed by atoms with van der Waals surface area (Å²) in [4.78, 5) is 14.0. The zero-order valence-corrected chi connectivity index (χ0v) is 16.9. The van der Waals surface area contributed by atoms with E-state index in [9.17, 15) is 4.79 Å². The number of hydrogen-bond donors (Lipinski definition) is 0. The van der Waals surface area contributed by atoms with E-state index >= 15 is 0 Å². The third-order valence-corrected chi connectivity index (χ3v) is 6.07. The number of carbonyl (C=O) groups is 1. The molecule has 1 heterocycles. The Morgan fingerprint density at radius 2 is 2.00 bits per heavy atom. The Bertz CT molecular complexity index is 763. The quantitative estimate of drug-likeness (QED) is 0.610. The van der Waals surface area contributed by atoms with Crippen LogP contribution in [-0.4, -0.2) is 33.8 Å². The van der Waals surface area contributed by atoms with E-state index in [0.717, 1.165) is 18.4 Å². The molecular weight excluding hydrogens is 393 g/mol. The summed E-state index contributed by atoms with van der Waals surface area (Å²) in [5.74, 6) is 1.32. The molecule has 1 aromatic heterocycles. The van der Waals surface area contributed by atoms with E-state index in [1.165, 1.54) is 31.0 Å². The van der Waals surface area contributed by atoms with E-state index < -0.39 is 0 Å². The van der Waals surface area contributed by atoms with Gasteiger partial charge in [0, 0.05) is 19.5 Å². The van der Waals surface area contributed by atoms with Gasteiger partial charge in [0.25, 0.3) is 5.22 Å². The molecule has 0 atom stereocenters. The maximum atomic E-state index is 12.3. The molecule has 1 aliphatic carbocycles. The molecule has 1 amide bonds. The van der Waals surface area contributed by atoms with Crippen LogP contribution in [0.2, 0.25) is 10.0 Å². The summed E-state index contributed by atoms with van der Waals surface area (Å²) in [6.07, 6.45) is 5.93. The number of amides is 1. The molecule has 1 fully saturated rings. The molecule has 2 aromatic rings. The molecule has 0 bridgehead atoms. The van der Waals surface area contributed by atoms with E-state index in [1.807, 2.05) is 6.07 Å². The highest BCUT2D eigenvalue weighted by Gasteiger charge is 2.22. The van der Waals surface area contributed by atoms with Gasteiger partial charge in [0.2, 0.25) is 11.8 Å². The lowest BCUT2D eigenvalue weighted by atomic mass is 9.89. The summed E-state index contributed by atoms with van der Waals surface area (Å²) in [6.45, 7) is 0.466. The van der Waals surface area contributed by atoms with Gasteiger partial charge in [0.05, 0.1) is 15.8 Å². The first-order chi connectivity index (χ1) is 12.5. The Kier molecular flexibility index (Phi) is 6.84. The van der Waals surface area contributed by atoms with E-state index in [1.54, 1.807) is 24.1 Å². The lowest BCUT2D eigenvalue weighted by Crippen LogP contribution is -2.27. The highest BCUT2D eigenvalue weighted by molar-refractivity contribution is 7.99. The van der Waals surface area contributed by atoms with Crippen LogP contribution in [0.5, 0.6) is 0 Å². The van der Waals surface area contributed by atoms with Gasteiger partial charge in [-0.2, -0.15) is 0 Å². The highest BCUT2D eigenvalue weighted by atomic mass is 35.5. The summed E-state index contributed by atoms with van der Waals surface area (Å²) < 4.78 is 5.74. The molecule has 0 aliphatic heterocycles. The number of thioether (sulfide) groups is 1. The molecule has 0 spiro atoms. The summed E-state index contributed by atoms with van der Waals surface area (Å²) in [5, 5.41) is 9.68. The van der Waals surface area contributed by atoms with Crippen LogP contribution in [-0.2, 0) is 11.3 Å². The molecular formula is C18H21Cl2N3O2S. The first kappa shape index (κ1) is 19.5. The normalized spacial score (nSPS) is 15.2. The van der Waals surface area contributed by atoms with Gasteiger partial charge in [-0.05, 0) is 30.5 Å². The third-order valence-electron chi connectivity index (χ3n) is 4.53. The van der Waals surface area contributed by atoms with Gasteiger partial charge >= 0.3 is 0 Å². The summed E-state index contributed by atoms with van der Waals surface area (Å²) in [7, 11) is 1.76. The maximum Gasteiger partial charge on any atom is 0.277 e. The van der Waals surface area contributed by atoms with Gasteiger partial charge in [0.1, 0.15) is 0 Å². The van der Waals surface area contributed by atoms with Crippen molar-refractivity contribution in [2.45, 2.75) is 49.8 Å². The molecule has 3 rings (SSSR count). The second kappa shape index (κ2) is 9.11. The van der Waals surface area contributed by atoms with Gasteiger partial charge in [0.15, 0.2) is 0 Å². The predicted molar refractivity (Wildman–Crippen MR) is 104 cm³/mol. The Balaban J connectivity index is 1.50. The molecule has 0 saturated heterocycles. The van der Waals surface area contributed by atoms with Crippen LogP contribution in [0.25, 0.3) is 0 Å². The van der Waals surface area contributed by atoms with Crippen molar-refractivity contribution < 1.29 is 9.21 Å². The predicted octanol–water partition coefficient (Wildman–Crippen LogP) is 5.17. The van der Waals surface area contributed by atoms with Crippen LogP contribution < -0.4 is 0 Å². The second-order valence-electron chi connectivity index (χ2n) is 6.53. The molecule has 26 heavy (non-hydrogen) atoms. The standard InChI is InChI=1S/C18H21Cl2N3O2S/c1-23(10-12-7-8-14(19)15(20)9-12)16(24)11-26-18-22-21-17(25-18)13-5-3-2-4-6-13/h7-9,13H,2-6,10-11H2,1H3. The number of benzene rings is 1. The SMILES string of the molecule is CN(Cc1ccc(Cl)c(Cl)c1)C(=O)CSc1nnc(C2CCCCC2)o1. The van der Waals surface area contributed by atoms with Crippen LogP contribution in [0.15, 0.2) is 27.8 Å². The molecule has 0 unspecified atom stereocenters. The fraction of sp³-hybridized carbons (Fsp3) is 0.500. The Hall–Kier alpha value is -1.24. The van der Waals surface area contributed by atoms with E-state index in [2.05, 4.69) is 10.2 Å². The van der Waals surface area contributed by atoms with Gasteiger partial charge in [-0.15, -0.1) is 10.2 Å². The third kappa shape index (κ3) is 5.15. The molecule has 1 aromatic carbocycles. The first-order valence-corrected chi connectivity index (χ1v) is 10.4. The number of rotatable bonds is 6. The zero-order chi connectivity index (χ0) is 18.5. The van der Waals surface area contributed by atoms with Crippen LogP contribution >= 0.6 is 35.0 Å². The topological polar surface area (TPSA) is 59.2 Å². The molecule has 0 radical (unpaired) electrons. The number of aromatic nitrogens is 2. The molecule has 140 valence electrons. The van der Waals surface area contributed by atoms with Gasteiger partial charge < -0.3 is 9.32 Å². The minimum absolute atomic E-state index is 0.0153. The molecule has 5 nitrogen and oxygen atoms in total. The fourth-order valence-electron chi connectivity index (χ4n) is 3.03. The zero-order valence-electron chi connectivity index (χ0n) is 14.6. The lowest BCUT2D eigenvalue weighted by Gasteiger charge is -2.17. The van der Waals surface area contributed by atoms with Crippen molar-refractivity contribution in [1.82, 2.24) is 15.1 Å². The highest BCUT2D eigenvalue weighted by Crippen LogP contribution is 2.33. The monoisotopic (exact) mass is 413 g/mol. The largest absolute Gasteiger partial charge is 0.416 e. The number of nitrogens with zero attached hydrogens (tertiary/aromatic N) is 3. The van der Waals surface area contributed by atoms with Gasteiger partial charge in [-0.25, -0.2) is 0 Å². The summed E-state index contributed by atoms with van der Waals surface area (Å²) in [6, 6.07) is 5.37. The van der Waals surface area contributed by atoms with Crippen LogP contribution in [0.4, 0.5) is 0 Å². The van der Waals surface area contributed by atoms with Crippen LogP contribution in [0.1, 0.15) is 49.5 Å². The van der Waals surface area contributed by atoms with Crippen molar-refractivity contribution in [3.63, 3.8) is 0 Å². The van der Waals surface area contributed by atoms with Crippen molar-refractivity contribution in [3.8, 4) is 0 Å². The van der Waals surface area contributed by atoms with Crippen LogP contribution in [0, 0.1) is 0 Å². The molecule has 0 N–H and O–H groups in total. The first-order valence-electron chi connectivity index (χ1n) is 8.67. The van der Waals surface area contributed by atoms with Crippen LogP contribution in [0.3, 0.4) is 0 Å². The average molecular weight is 414 g/mol. The summed E-state index contributed by atoms with van der Waals surface area (Å²) >= 11 is 13.2. The number of hydrogen-bond acceptors (Lipinski definition) is 5. The van der Waals surface area contributed by atoms with Gasteiger partial charge in [-0.3, -0.25) is 4.79 Å². The van der Waals surface area contributed by atoms with E-state index in [4.69, 9.17) is 27.6 Å². The van der Waals surface area contributed by atoms with Crippen molar-refractivity contribution in [2.24, 2.45) is 0 Å². The Morgan fingerprint density at radius 1 is 1.23 bits per heavy atom. The molecule has 1 saturated carbocycles. The van der Waals surface area contributed by atoms with Crippen molar-refractivity contribution in [1.29, 1.82) is 0 Å². The van der Waals surface area contributed by atoms with E-state index in [0.29, 0.717) is 33.6 Å². The Morgan fingerprint density at radius 3 is 2.73 bits per heavy atom. The lowest BCUT2D eigenvalue weighted by molar-refractivity contribution is -0.127. The fourth-order valence-corrected chi connectivity index (χ4v) is 4.06. The molecule has 1 aliphatic rings. The van der Waals surface area contributed by atoms with E-state index in [-0.39, 0.29) is 11.7 Å². The van der Waals surface area contributed by atoms with Crippen molar-refractivity contribution in [3.05, 3.63) is 39.7 Å². The van der Waals surface area contributed by atoms with Gasteiger partial charge in [-0.1, -0.05) is 60.3 Å². The van der Waals surface area contributed by atoms with Crippen molar-refractivity contribution >= 4 is 40.9 Å². The minimum atomic E-state index is -0.0153. The summed E-state index contributed by atoms with van der Waals surface area (Å²) in [5.41, 5.74) is 0.928. The molecule has 8 heteroatoms. The number of carbonyl (C=O) groups excluding carboxylic acids is 1. The smallest absolute Gasteiger partial charge is 0.277 e. The Labute approximate surface area is 167 Å². The minimum Gasteiger partial charge on any atom is -0.416 e. The second-order valence-corrected chi connectivity index (χ2v) is 8.27. The maximum absolute atomic E-state index is 12.3. The van der Waals surface area contributed by atoms with Crippen molar-refractivity contribution in [2.75, 3.05) is 12.8 Å². The number of halogens is 2. The average Bonchev–Trinajstić information content (AvgIpc) is 3.12.